The maximum absolute atomic E-state index is 13.1. The van der Waals surface area contributed by atoms with E-state index < -0.39 is 0 Å². The van der Waals surface area contributed by atoms with E-state index in [2.05, 4.69) is 4.98 Å². The van der Waals surface area contributed by atoms with Crippen LogP contribution < -0.4 is 4.74 Å². The second-order valence-electron chi connectivity index (χ2n) is 8.14. The summed E-state index contributed by atoms with van der Waals surface area (Å²) in [6.45, 7) is 1.88. The van der Waals surface area contributed by atoms with Crippen molar-refractivity contribution in [1.29, 1.82) is 0 Å². The van der Waals surface area contributed by atoms with Crippen LogP contribution in [0, 0.1) is 0 Å². The maximum atomic E-state index is 13.1. The monoisotopic (exact) mass is 513 g/mol. The topological polar surface area (TPSA) is 83.0 Å². The molecule has 0 saturated carbocycles. The third-order valence-electron chi connectivity index (χ3n) is 5.91. The Bertz CT molecular complexity index is 1200. The van der Waals surface area contributed by atoms with Crippen LogP contribution in [-0.2, 0) is 13.0 Å². The summed E-state index contributed by atoms with van der Waals surface area (Å²) in [6, 6.07) is 13.7. The molecule has 182 valence electrons. The van der Waals surface area contributed by atoms with Gasteiger partial charge < -0.3 is 19.6 Å². The molecular formula is C26H25Cl2N3O4. The number of nitrogens with zero attached hydrogens (tertiary/aromatic N) is 3. The number of aromatic nitrogens is 1. The number of carbonyl (C=O) groups is 2. The Morgan fingerprint density at radius 2 is 1.49 bits per heavy atom. The number of benzene rings is 2. The van der Waals surface area contributed by atoms with Gasteiger partial charge in [0.05, 0.1) is 13.2 Å². The van der Waals surface area contributed by atoms with E-state index in [0.29, 0.717) is 71.7 Å². The molecule has 0 spiro atoms. The van der Waals surface area contributed by atoms with Gasteiger partial charge in [-0.1, -0.05) is 35.3 Å². The molecule has 1 saturated heterocycles. The first-order valence-corrected chi connectivity index (χ1v) is 12.0. The van der Waals surface area contributed by atoms with E-state index in [1.807, 2.05) is 6.07 Å². The lowest BCUT2D eigenvalue weighted by Gasteiger charge is -2.35. The number of ether oxygens (including phenoxy) is 1. The molecule has 9 heteroatoms. The molecule has 0 radical (unpaired) electrons. The first-order valence-electron chi connectivity index (χ1n) is 11.3. The Morgan fingerprint density at radius 3 is 2.11 bits per heavy atom. The number of piperazine rings is 1. The van der Waals surface area contributed by atoms with E-state index in [-0.39, 0.29) is 18.4 Å². The zero-order valence-corrected chi connectivity index (χ0v) is 20.5. The molecule has 0 atom stereocenters. The Balaban J connectivity index is 1.37. The lowest BCUT2D eigenvalue weighted by molar-refractivity contribution is 0.0535. The predicted molar refractivity (Wildman–Crippen MR) is 134 cm³/mol. The van der Waals surface area contributed by atoms with Crippen LogP contribution >= 0.6 is 23.2 Å². The summed E-state index contributed by atoms with van der Waals surface area (Å²) < 4.78 is 5.91. The minimum absolute atomic E-state index is 0.0664. The highest BCUT2D eigenvalue weighted by atomic mass is 35.5. The molecule has 1 aliphatic heterocycles. The van der Waals surface area contributed by atoms with Gasteiger partial charge in [-0.2, -0.15) is 0 Å². The van der Waals surface area contributed by atoms with Crippen molar-refractivity contribution in [2.45, 2.75) is 13.0 Å². The number of carbonyl (C=O) groups excluding carboxylic acids is 2. The largest absolute Gasteiger partial charge is 0.493 e. The third kappa shape index (κ3) is 6.11. The summed E-state index contributed by atoms with van der Waals surface area (Å²) >= 11 is 12.2. The quantitative estimate of drug-likeness (QED) is 0.514. The Kier molecular flexibility index (Phi) is 8.23. The third-order valence-corrected chi connectivity index (χ3v) is 6.50. The van der Waals surface area contributed by atoms with Crippen molar-refractivity contribution < 1.29 is 19.4 Å². The van der Waals surface area contributed by atoms with Crippen LogP contribution in [0.4, 0.5) is 0 Å². The van der Waals surface area contributed by atoms with Crippen molar-refractivity contribution in [3.8, 4) is 5.75 Å². The standard InChI is InChI=1S/C26H25Cl2N3O4/c27-22-4-3-18(23(28)16-22)7-14-35-24-15-20(1-2-21(24)17-32)26(34)31-12-10-30(11-13-31)25(33)19-5-8-29-9-6-19/h1-6,8-9,15-16,32H,7,10-14,17H2. The first kappa shape index (κ1) is 25.0. The average Bonchev–Trinajstić information content (AvgIpc) is 2.89. The highest BCUT2D eigenvalue weighted by molar-refractivity contribution is 6.35. The molecule has 2 heterocycles. The van der Waals surface area contributed by atoms with E-state index in [1.165, 1.54) is 0 Å². The lowest BCUT2D eigenvalue weighted by Crippen LogP contribution is -2.50. The average molecular weight is 514 g/mol. The molecule has 0 unspecified atom stereocenters. The molecule has 1 fully saturated rings. The van der Waals surface area contributed by atoms with E-state index in [9.17, 15) is 14.7 Å². The number of aliphatic hydroxyl groups excluding tert-OH is 1. The summed E-state index contributed by atoms with van der Waals surface area (Å²) in [5.41, 5.74) is 2.54. The first-order chi connectivity index (χ1) is 17.0. The molecule has 1 N–H and O–H groups in total. The van der Waals surface area contributed by atoms with Crippen LogP contribution in [0.5, 0.6) is 5.75 Å². The molecule has 1 aliphatic rings. The Morgan fingerprint density at radius 1 is 0.857 bits per heavy atom. The van der Waals surface area contributed by atoms with Crippen molar-refractivity contribution in [3.63, 3.8) is 0 Å². The predicted octanol–water partition coefficient (Wildman–Crippen LogP) is 4.10. The van der Waals surface area contributed by atoms with E-state index in [1.54, 1.807) is 64.7 Å². The second kappa shape index (κ2) is 11.5. The van der Waals surface area contributed by atoms with Gasteiger partial charge in [0.2, 0.25) is 0 Å². The van der Waals surface area contributed by atoms with Gasteiger partial charge in [0, 0.05) is 71.7 Å². The normalized spacial score (nSPS) is 13.6. The molecule has 7 nitrogen and oxygen atoms in total. The minimum Gasteiger partial charge on any atom is -0.493 e. The van der Waals surface area contributed by atoms with Gasteiger partial charge in [0.15, 0.2) is 0 Å². The van der Waals surface area contributed by atoms with Gasteiger partial charge >= 0.3 is 0 Å². The number of hydrogen-bond donors (Lipinski definition) is 1. The van der Waals surface area contributed by atoms with Crippen molar-refractivity contribution in [2.75, 3.05) is 32.8 Å². The minimum atomic E-state index is -0.207. The Hall–Kier alpha value is -3.13. The Labute approximate surface area is 213 Å². The molecule has 35 heavy (non-hydrogen) atoms. The summed E-state index contributed by atoms with van der Waals surface area (Å²) in [6.07, 6.45) is 3.73. The van der Waals surface area contributed by atoms with Crippen molar-refractivity contribution in [2.24, 2.45) is 0 Å². The second-order valence-corrected chi connectivity index (χ2v) is 8.98. The molecule has 2 amide bonds. The van der Waals surface area contributed by atoms with Crippen LogP contribution in [-0.4, -0.2) is 64.5 Å². The van der Waals surface area contributed by atoms with Crippen LogP contribution in [0.1, 0.15) is 31.8 Å². The van der Waals surface area contributed by atoms with Gasteiger partial charge in [-0.3, -0.25) is 14.6 Å². The molecular weight excluding hydrogens is 489 g/mol. The van der Waals surface area contributed by atoms with Crippen molar-refractivity contribution >= 4 is 35.0 Å². The maximum Gasteiger partial charge on any atom is 0.254 e. The van der Waals surface area contributed by atoms with Crippen LogP contribution in [0.25, 0.3) is 0 Å². The van der Waals surface area contributed by atoms with E-state index in [0.717, 1.165) is 5.56 Å². The summed E-state index contributed by atoms with van der Waals surface area (Å²) in [7, 11) is 0. The van der Waals surface area contributed by atoms with Gasteiger partial charge in [-0.05, 0) is 42.0 Å². The molecule has 4 rings (SSSR count). The number of amides is 2. The van der Waals surface area contributed by atoms with E-state index >= 15 is 0 Å². The van der Waals surface area contributed by atoms with Crippen LogP contribution in [0.2, 0.25) is 10.0 Å². The van der Waals surface area contributed by atoms with Crippen molar-refractivity contribution in [1.82, 2.24) is 14.8 Å². The van der Waals surface area contributed by atoms with Crippen molar-refractivity contribution in [3.05, 3.63) is 93.2 Å². The number of halogens is 2. The fourth-order valence-corrected chi connectivity index (χ4v) is 4.42. The highest BCUT2D eigenvalue weighted by Crippen LogP contribution is 2.25. The van der Waals surface area contributed by atoms with Crippen LogP contribution in [0.15, 0.2) is 60.9 Å². The van der Waals surface area contributed by atoms with Gasteiger partial charge in [-0.15, -0.1) is 0 Å². The SMILES string of the molecule is O=C(c1ccncc1)N1CCN(C(=O)c2ccc(CO)c(OCCc3ccc(Cl)cc3Cl)c2)CC1. The molecule has 0 aliphatic carbocycles. The van der Waals surface area contributed by atoms with E-state index in [4.69, 9.17) is 27.9 Å². The summed E-state index contributed by atoms with van der Waals surface area (Å²) in [4.78, 5) is 33.2. The fourth-order valence-electron chi connectivity index (χ4n) is 3.92. The molecule has 3 aromatic rings. The highest BCUT2D eigenvalue weighted by Gasteiger charge is 2.26. The number of aliphatic hydroxyl groups is 1. The van der Waals surface area contributed by atoms with Gasteiger partial charge in [-0.25, -0.2) is 0 Å². The number of hydrogen-bond acceptors (Lipinski definition) is 5. The number of rotatable bonds is 7. The summed E-state index contributed by atoms with van der Waals surface area (Å²) in [5.74, 6) is 0.245. The van der Waals surface area contributed by atoms with Crippen LogP contribution in [0.3, 0.4) is 0 Å². The summed E-state index contributed by atoms with van der Waals surface area (Å²) in [5, 5.41) is 10.8. The van der Waals surface area contributed by atoms with Gasteiger partial charge in [0.1, 0.15) is 5.75 Å². The molecule has 1 aromatic heterocycles. The van der Waals surface area contributed by atoms with Gasteiger partial charge in [0.25, 0.3) is 11.8 Å². The molecule has 2 aromatic carbocycles. The zero-order valence-electron chi connectivity index (χ0n) is 19.0. The fraction of sp³-hybridized carbons (Fsp3) is 0.269. The lowest BCUT2D eigenvalue weighted by atomic mass is 10.1. The number of pyridine rings is 1. The molecule has 0 bridgehead atoms. The smallest absolute Gasteiger partial charge is 0.254 e. The zero-order chi connectivity index (χ0) is 24.8.